The van der Waals surface area contributed by atoms with Crippen LogP contribution >= 0.6 is 0 Å². The number of benzene rings is 2. The molecule has 0 radical (unpaired) electrons. The highest BCUT2D eigenvalue weighted by Crippen LogP contribution is 2.19. The monoisotopic (exact) mass is 378 g/mol. The third kappa shape index (κ3) is 4.25. The van der Waals surface area contributed by atoms with E-state index in [1.807, 2.05) is 48.7 Å². The van der Waals surface area contributed by atoms with Gasteiger partial charge in [0.2, 0.25) is 5.43 Å². The van der Waals surface area contributed by atoms with E-state index >= 15 is 0 Å². The van der Waals surface area contributed by atoms with Crippen molar-refractivity contribution < 1.29 is 9.53 Å². The Bertz CT molecular complexity index is 1030. The molecular weight excluding hydrogens is 352 g/mol. The molecule has 1 heterocycles. The standard InChI is InChI=1S/C23H26N2O3/c1-4-25-15-20(22(26)19-14-18(28-3)12-13-21(19)25)23(27)24-16(2)10-11-17-8-6-5-7-9-17/h5-9,12-16H,4,10-11H2,1-3H3,(H,24,27). The predicted octanol–water partition coefficient (Wildman–Crippen LogP) is 3.78. The van der Waals surface area contributed by atoms with Crippen LogP contribution in [-0.4, -0.2) is 23.6 Å². The molecule has 0 saturated heterocycles. The summed E-state index contributed by atoms with van der Waals surface area (Å²) in [5.74, 6) is 0.263. The van der Waals surface area contributed by atoms with Crippen LogP contribution in [-0.2, 0) is 13.0 Å². The molecule has 1 N–H and O–H groups in total. The largest absolute Gasteiger partial charge is 0.497 e. The number of pyridine rings is 1. The lowest BCUT2D eigenvalue weighted by Crippen LogP contribution is -2.36. The third-order valence-corrected chi connectivity index (χ3v) is 4.96. The first-order chi connectivity index (χ1) is 13.5. The summed E-state index contributed by atoms with van der Waals surface area (Å²) in [6, 6.07) is 15.5. The maximum absolute atomic E-state index is 12.9. The Balaban J connectivity index is 1.82. The summed E-state index contributed by atoms with van der Waals surface area (Å²) in [7, 11) is 1.56. The van der Waals surface area contributed by atoms with Gasteiger partial charge in [-0.25, -0.2) is 0 Å². The molecule has 1 atom stereocenters. The molecule has 0 aliphatic rings. The second-order valence-electron chi connectivity index (χ2n) is 6.94. The summed E-state index contributed by atoms with van der Waals surface area (Å²) in [6.07, 6.45) is 3.33. The smallest absolute Gasteiger partial charge is 0.256 e. The van der Waals surface area contributed by atoms with Crippen LogP contribution in [0.4, 0.5) is 0 Å². The Hall–Kier alpha value is -3.08. The molecule has 0 spiro atoms. The molecule has 5 heteroatoms. The molecule has 0 saturated carbocycles. The fourth-order valence-electron chi connectivity index (χ4n) is 3.33. The van der Waals surface area contributed by atoms with Gasteiger partial charge in [-0.05, 0) is 50.5 Å². The van der Waals surface area contributed by atoms with E-state index in [2.05, 4.69) is 17.4 Å². The van der Waals surface area contributed by atoms with E-state index in [0.717, 1.165) is 18.4 Å². The second-order valence-corrected chi connectivity index (χ2v) is 6.94. The normalized spacial score (nSPS) is 12.0. The molecule has 1 unspecified atom stereocenters. The highest BCUT2D eigenvalue weighted by atomic mass is 16.5. The third-order valence-electron chi connectivity index (χ3n) is 4.96. The van der Waals surface area contributed by atoms with Crippen molar-refractivity contribution in [2.45, 2.75) is 39.3 Å². The van der Waals surface area contributed by atoms with Crippen LogP contribution in [0.1, 0.15) is 36.2 Å². The Morgan fingerprint density at radius 3 is 2.61 bits per heavy atom. The van der Waals surface area contributed by atoms with E-state index in [1.165, 1.54) is 5.56 Å². The lowest BCUT2D eigenvalue weighted by atomic mass is 10.1. The molecule has 1 amide bonds. The zero-order chi connectivity index (χ0) is 20.1. The predicted molar refractivity (Wildman–Crippen MR) is 112 cm³/mol. The van der Waals surface area contributed by atoms with Crippen molar-refractivity contribution in [3.63, 3.8) is 0 Å². The number of ether oxygens (including phenoxy) is 1. The van der Waals surface area contributed by atoms with Gasteiger partial charge in [0, 0.05) is 18.8 Å². The molecule has 5 nitrogen and oxygen atoms in total. The number of aryl methyl sites for hydroxylation is 2. The van der Waals surface area contributed by atoms with Crippen molar-refractivity contribution in [3.05, 3.63) is 76.1 Å². The molecular formula is C23H26N2O3. The van der Waals surface area contributed by atoms with Gasteiger partial charge in [0.25, 0.3) is 5.91 Å². The van der Waals surface area contributed by atoms with Gasteiger partial charge in [-0.2, -0.15) is 0 Å². The molecule has 146 valence electrons. The number of rotatable bonds is 7. The van der Waals surface area contributed by atoms with Crippen molar-refractivity contribution in [2.75, 3.05) is 7.11 Å². The van der Waals surface area contributed by atoms with E-state index in [1.54, 1.807) is 19.4 Å². The molecule has 1 aromatic heterocycles. The molecule has 28 heavy (non-hydrogen) atoms. The zero-order valence-electron chi connectivity index (χ0n) is 16.6. The number of hydrogen-bond acceptors (Lipinski definition) is 3. The van der Waals surface area contributed by atoms with E-state index in [0.29, 0.717) is 17.7 Å². The van der Waals surface area contributed by atoms with Gasteiger partial charge >= 0.3 is 0 Å². The number of amides is 1. The van der Waals surface area contributed by atoms with E-state index in [-0.39, 0.29) is 22.9 Å². The fraction of sp³-hybridized carbons (Fsp3) is 0.304. The Labute approximate surface area is 165 Å². The van der Waals surface area contributed by atoms with Gasteiger partial charge in [0.05, 0.1) is 18.0 Å². The van der Waals surface area contributed by atoms with Crippen molar-refractivity contribution in [1.82, 2.24) is 9.88 Å². The molecule has 3 rings (SSSR count). The summed E-state index contributed by atoms with van der Waals surface area (Å²) in [5, 5.41) is 3.46. The lowest BCUT2D eigenvalue weighted by molar-refractivity contribution is 0.0937. The first kappa shape index (κ1) is 19.7. The van der Waals surface area contributed by atoms with Crippen LogP contribution in [0.3, 0.4) is 0 Å². The van der Waals surface area contributed by atoms with Gasteiger partial charge in [-0.1, -0.05) is 30.3 Å². The Morgan fingerprint density at radius 2 is 1.93 bits per heavy atom. The zero-order valence-corrected chi connectivity index (χ0v) is 16.6. The summed E-state index contributed by atoms with van der Waals surface area (Å²) in [5.41, 5.74) is 1.91. The quantitative estimate of drug-likeness (QED) is 0.681. The van der Waals surface area contributed by atoms with Gasteiger partial charge < -0.3 is 14.6 Å². The summed E-state index contributed by atoms with van der Waals surface area (Å²) < 4.78 is 7.16. The van der Waals surface area contributed by atoms with Crippen molar-refractivity contribution in [2.24, 2.45) is 0 Å². The van der Waals surface area contributed by atoms with E-state index in [9.17, 15) is 9.59 Å². The molecule has 3 aromatic rings. The molecule has 0 aliphatic carbocycles. The molecule has 0 aliphatic heterocycles. The average molecular weight is 378 g/mol. The maximum Gasteiger partial charge on any atom is 0.256 e. The minimum Gasteiger partial charge on any atom is -0.497 e. The van der Waals surface area contributed by atoms with Crippen molar-refractivity contribution >= 4 is 16.8 Å². The summed E-state index contributed by atoms with van der Waals surface area (Å²) >= 11 is 0. The number of nitrogens with one attached hydrogen (secondary N) is 1. The summed E-state index contributed by atoms with van der Waals surface area (Å²) in [4.78, 5) is 25.7. The molecule has 0 fully saturated rings. The molecule has 2 aromatic carbocycles. The molecule has 0 bridgehead atoms. The van der Waals surface area contributed by atoms with Crippen molar-refractivity contribution in [3.8, 4) is 5.75 Å². The van der Waals surface area contributed by atoms with Crippen LogP contribution < -0.4 is 15.5 Å². The SMILES string of the molecule is CCn1cc(C(=O)NC(C)CCc2ccccc2)c(=O)c2cc(OC)ccc21. The number of aromatic nitrogens is 1. The Morgan fingerprint density at radius 1 is 1.18 bits per heavy atom. The fourth-order valence-corrected chi connectivity index (χ4v) is 3.33. The van der Waals surface area contributed by atoms with Gasteiger partial charge in [-0.3, -0.25) is 9.59 Å². The van der Waals surface area contributed by atoms with Crippen LogP contribution in [0.5, 0.6) is 5.75 Å². The van der Waals surface area contributed by atoms with Crippen LogP contribution in [0.25, 0.3) is 10.9 Å². The minimum absolute atomic E-state index is 0.0387. The first-order valence-electron chi connectivity index (χ1n) is 9.59. The van der Waals surface area contributed by atoms with Crippen LogP contribution in [0.15, 0.2) is 59.5 Å². The minimum atomic E-state index is -0.336. The van der Waals surface area contributed by atoms with E-state index < -0.39 is 0 Å². The number of hydrogen-bond donors (Lipinski definition) is 1. The number of carbonyl (C=O) groups is 1. The lowest BCUT2D eigenvalue weighted by Gasteiger charge is -2.16. The highest BCUT2D eigenvalue weighted by molar-refractivity contribution is 5.97. The van der Waals surface area contributed by atoms with Crippen molar-refractivity contribution in [1.29, 1.82) is 0 Å². The van der Waals surface area contributed by atoms with Gasteiger partial charge in [-0.15, -0.1) is 0 Å². The topological polar surface area (TPSA) is 60.3 Å². The maximum atomic E-state index is 12.9. The Kier molecular flexibility index (Phi) is 6.14. The number of methoxy groups -OCH3 is 1. The number of carbonyl (C=O) groups excluding carboxylic acids is 1. The second kappa shape index (κ2) is 8.74. The number of fused-ring (bicyclic) bond motifs is 1. The van der Waals surface area contributed by atoms with E-state index in [4.69, 9.17) is 4.74 Å². The van der Waals surface area contributed by atoms with Gasteiger partial charge in [0.15, 0.2) is 0 Å². The van der Waals surface area contributed by atoms with Crippen LogP contribution in [0, 0.1) is 0 Å². The van der Waals surface area contributed by atoms with Crippen LogP contribution in [0.2, 0.25) is 0 Å². The number of nitrogens with zero attached hydrogens (tertiary/aromatic N) is 1. The average Bonchev–Trinajstić information content (AvgIpc) is 2.73. The van der Waals surface area contributed by atoms with Gasteiger partial charge in [0.1, 0.15) is 11.3 Å². The first-order valence-corrected chi connectivity index (χ1v) is 9.59. The summed E-state index contributed by atoms with van der Waals surface area (Å²) in [6.45, 7) is 4.61. The highest BCUT2D eigenvalue weighted by Gasteiger charge is 2.17.